The number of fused-ring (bicyclic) bond motifs is 1. The molecule has 1 aromatic carbocycles. The first-order chi connectivity index (χ1) is 10.0. The molecule has 1 aliphatic heterocycles. The summed E-state index contributed by atoms with van der Waals surface area (Å²) in [4.78, 5) is 24.2. The summed E-state index contributed by atoms with van der Waals surface area (Å²) in [5, 5.41) is 20.2. The van der Waals surface area contributed by atoms with Crippen molar-refractivity contribution < 1.29 is 29.3 Å². The van der Waals surface area contributed by atoms with Crippen molar-refractivity contribution in [1.29, 1.82) is 0 Å². The lowest BCUT2D eigenvalue weighted by molar-refractivity contribution is 0.0962. The molecular formula is C15H18O6. The number of ketones is 2. The summed E-state index contributed by atoms with van der Waals surface area (Å²) in [5.41, 5.74) is -0.232. The van der Waals surface area contributed by atoms with Gasteiger partial charge < -0.3 is 19.7 Å². The van der Waals surface area contributed by atoms with Crippen LogP contribution in [0.3, 0.4) is 0 Å². The van der Waals surface area contributed by atoms with Gasteiger partial charge in [-0.05, 0) is 12.8 Å². The summed E-state index contributed by atoms with van der Waals surface area (Å²) in [6, 6.07) is 0. The molecule has 0 bridgehead atoms. The van der Waals surface area contributed by atoms with Crippen molar-refractivity contribution in [2.45, 2.75) is 39.5 Å². The molecule has 0 spiro atoms. The molecule has 0 unspecified atom stereocenters. The Morgan fingerprint density at radius 1 is 0.905 bits per heavy atom. The molecule has 2 rings (SSSR count). The summed E-state index contributed by atoms with van der Waals surface area (Å²) in [5.74, 6) is -1.86. The Labute approximate surface area is 122 Å². The third-order valence-corrected chi connectivity index (χ3v) is 3.28. The highest BCUT2D eigenvalue weighted by Gasteiger charge is 2.34. The largest absolute Gasteiger partial charge is 0.504 e. The first kappa shape index (κ1) is 15.2. The molecule has 0 amide bonds. The number of benzene rings is 1. The summed E-state index contributed by atoms with van der Waals surface area (Å²) in [6.45, 7) is 3.49. The van der Waals surface area contributed by atoms with E-state index in [9.17, 15) is 19.8 Å². The van der Waals surface area contributed by atoms with Crippen LogP contribution in [0.1, 0.15) is 60.2 Å². The zero-order valence-corrected chi connectivity index (χ0v) is 12.1. The average molecular weight is 294 g/mol. The third kappa shape index (κ3) is 2.53. The van der Waals surface area contributed by atoms with E-state index < -0.39 is 11.5 Å². The maximum atomic E-state index is 12.1. The van der Waals surface area contributed by atoms with Crippen molar-refractivity contribution in [3.05, 3.63) is 11.1 Å². The Bertz CT molecular complexity index is 540. The number of carbonyl (C=O) groups excluding carboxylic acids is 2. The molecule has 1 aromatic rings. The lowest BCUT2D eigenvalue weighted by Crippen LogP contribution is -2.05. The molecule has 2 N–H and O–H groups in total. The number of carbonyl (C=O) groups is 2. The minimum Gasteiger partial charge on any atom is -0.504 e. The molecule has 0 saturated heterocycles. The number of Topliss-reactive ketones (excluding diaryl/α,β-unsaturated/α-hetero) is 2. The zero-order valence-electron chi connectivity index (χ0n) is 12.1. The maximum Gasteiger partial charge on any atom is 0.231 e. The van der Waals surface area contributed by atoms with Gasteiger partial charge in [-0.1, -0.05) is 13.8 Å². The van der Waals surface area contributed by atoms with Crippen LogP contribution in [0.25, 0.3) is 0 Å². The van der Waals surface area contributed by atoms with Crippen molar-refractivity contribution >= 4 is 11.6 Å². The summed E-state index contributed by atoms with van der Waals surface area (Å²) in [7, 11) is 0. The van der Waals surface area contributed by atoms with E-state index in [-0.39, 0.29) is 53.8 Å². The smallest absolute Gasteiger partial charge is 0.231 e. The number of rotatable bonds is 6. The topological polar surface area (TPSA) is 93.1 Å². The molecule has 0 saturated carbocycles. The van der Waals surface area contributed by atoms with Crippen LogP contribution in [0, 0.1) is 0 Å². The second kappa shape index (κ2) is 6.03. The predicted octanol–water partition coefficient (Wildman–Crippen LogP) is 2.79. The van der Waals surface area contributed by atoms with Crippen molar-refractivity contribution in [2.75, 3.05) is 6.79 Å². The summed E-state index contributed by atoms with van der Waals surface area (Å²) < 4.78 is 10.5. The molecule has 0 radical (unpaired) electrons. The summed E-state index contributed by atoms with van der Waals surface area (Å²) >= 11 is 0. The van der Waals surface area contributed by atoms with E-state index in [1.165, 1.54) is 0 Å². The minimum atomic E-state index is -0.614. The van der Waals surface area contributed by atoms with Crippen LogP contribution in [-0.2, 0) is 0 Å². The van der Waals surface area contributed by atoms with E-state index >= 15 is 0 Å². The molecule has 0 aliphatic carbocycles. The Morgan fingerprint density at radius 2 is 1.29 bits per heavy atom. The van der Waals surface area contributed by atoms with Gasteiger partial charge >= 0.3 is 0 Å². The van der Waals surface area contributed by atoms with Crippen LogP contribution in [-0.4, -0.2) is 28.6 Å². The van der Waals surface area contributed by atoms with Gasteiger partial charge in [-0.15, -0.1) is 0 Å². The fourth-order valence-electron chi connectivity index (χ4n) is 2.32. The monoisotopic (exact) mass is 294 g/mol. The van der Waals surface area contributed by atoms with Crippen LogP contribution >= 0.6 is 0 Å². The fourth-order valence-corrected chi connectivity index (χ4v) is 2.32. The van der Waals surface area contributed by atoms with Crippen molar-refractivity contribution in [3.8, 4) is 23.0 Å². The zero-order chi connectivity index (χ0) is 15.6. The van der Waals surface area contributed by atoms with Crippen LogP contribution in [0.4, 0.5) is 0 Å². The number of aromatic hydroxyl groups is 2. The SMILES string of the molecule is CCCC(=O)c1c(O)c(O)c(C(=O)CCC)c2c1OCO2. The fraction of sp³-hybridized carbons (Fsp3) is 0.467. The third-order valence-electron chi connectivity index (χ3n) is 3.28. The van der Waals surface area contributed by atoms with Crippen molar-refractivity contribution in [2.24, 2.45) is 0 Å². The van der Waals surface area contributed by atoms with Gasteiger partial charge in [-0.2, -0.15) is 0 Å². The van der Waals surface area contributed by atoms with Crippen LogP contribution in [0.5, 0.6) is 23.0 Å². The Balaban J connectivity index is 2.63. The van der Waals surface area contributed by atoms with Gasteiger partial charge in [0.1, 0.15) is 11.1 Å². The number of hydrogen-bond acceptors (Lipinski definition) is 6. The van der Waals surface area contributed by atoms with E-state index in [2.05, 4.69) is 0 Å². The van der Waals surface area contributed by atoms with Gasteiger partial charge in [0.05, 0.1) is 0 Å². The highest BCUT2D eigenvalue weighted by Crippen LogP contribution is 2.50. The highest BCUT2D eigenvalue weighted by molar-refractivity contribution is 6.09. The second-order valence-corrected chi connectivity index (χ2v) is 4.86. The minimum absolute atomic E-state index is 0.0446. The predicted molar refractivity (Wildman–Crippen MR) is 74.4 cm³/mol. The quantitative estimate of drug-likeness (QED) is 0.619. The first-order valence-corrected chi connectivity index (χ1v) is 6.96. The van der Waals surface area contributed by atoms with Crippen molar-refractivity contribution in [1.82, 2.24) is 0 Å². The van der Waals surface area contributed by atoms with Gasteiger partial charge in [0.15, 0.2) is 34.6 Å². The number of ether oxygens (including phenoxy) is 2. The molecule has 1 aliphatic rings. The number of hydrogen-bond donors (Lipinski definition) is 2. The van der Waals surface area contributed by atoms with E-state index in [1.54, 1.807) is 0 Å². The highest BCUT2D eigenvalue weighted by atomic mass is 16.7. The standard InChI is InChI=1S/C15H18O6/c1-3-5-8(16)10-12(18)13(19)11(9(17)6-4-2)15-14(10)20-7-21-15/h18-19H,3-7H2,1-2H3. The lowest BCUT2D eigenvalue weighted by atomic mass is 9.96. The average Bonchev–Trinajstić information content (AvgIpc) is 2.88. The Hall–Kier alpha value is -2.24. The second-order valence-electron chi connectivity index (χ2n) is 4.86. The molecule has 0 aromatic heterocycles. The normalized spacial score (nSPS) is 12.5. The van der Waals surface area contributed by atoms with Crippen LogP contribution < -0.4 is 9.47 Å². The van der Waals surface area contributed by atoms with Gasteiger partial charge in [-0.25, -0.2) is 0 Å². The van der Waals surface area contributed by atoms with E-state index in [4.69, 9.17) is 9.47 Å². The molecular weight excluding hydrogens is 276 g/mol. The maximum absolute atomic E-state index is 12.1. The van der Waals surface area contributed by atoms with E-state index in [1.807, 2.05) is 13.8 Å². The molecule has 6 heteroatoms. The molecule has 21 heavy (non-hydrogen) atoms. The Morgan fingerprint density at radius 3 is 1.62 bits per heavy atom. The Kier molecular flexibility index (Phi) is 4.35. The van der Waals surface area contributed by atoms with Gasteiger partial charge in [0.2, 0.25) is 6.79 Å². The van der Waals surface area contributed by atoms with Gasteiger partial charge in [0.25, 0.3) is 0 Å². The molecule has 114 valence electrons. The lowest BCUT2D eigenvalue weighted by Gasteiger charge is -2.13. The molecule has 0 fully saturated rings. The summed E-state index contributed by atoms with van der Waals surface area (Å²) in [6.07, 6.45) is 1.58. The van der Waals surface area contributed by atoms with E-state index in [0.717, 1.165) is 0 Å². The molecule has 1 heterocycles. The van der Waals surface area contributed by atoms with Crippen LogP contribution in [0.2, 0.25) is 0 Å². The van der Waals surface area contributed by atoms with Crippen molar-refractivity contribution in [3.63, 3.8) is 0 Å². The molecule has 6 nitrogen and oxygen atoms in total. The first-order valence-electron chi connectivity index (χ1n) is 6.96. The van der Waals surface area contributed by atoms with Crippen LogP contribution in [0.15, 0.2) is 0 Å². The van der Waals surface area contributed by atoms with Gasteiger partial charge in [0, 0.05) is 12.8 Å². The van der Waals surface area contributed by atoms with E-state index in [0.29, 0.717) is 12.8 Å². The number of phenols is 2. The number of phenolic OH excluding ortho intramolecular Hbond substituents is 2. The molecule has 0 atom stereocenters. The van der Waals surface area contributed by atoms with Gasteiger partial charge in [-0.3, -0.25) is 9.59 Å².